The summed E-state index contributed by atoms with van der Waals surface area (Å²) in [5.74, 6) is 0.782. The Bertz CT molecular complexity index is 1110. The number of amides is 2. The van der Waals surface area contributed by atoms with E-state index in [1.54, 1.807) is 16.9 Å². The van der Waals surface area contributed by atoms with Gasteiger partial charge in [-0.3, -0.25) is 9.58 Å². The van der Waals surface area contributed by atoms with Gasteiger partial charge < -0.3 is 10.6 Å². The van der Waals surface area contributed by atoms with E-state index in [1.807, 2.05) is 61.6 Å². The molecule has 0 bridgehead atoms. The molecule has 2 heterocycles. The van der Waals surface area contributed by atoms with Crippen molar-refractivity contribution >= 4 is 17.5 Å². The molecule has 0 atom stereocenters. The summed E-state index contributed by atoms with van der Waals surface area (Å²) in [7, 11) is 1.90. The van der Waals surface area contributed by atoms with Crippen molar-refractivity contribution in [3.8, 4) is 17.2 Å². The van der Waals surface area contributed by atoms with Crippen LogP contribution in [0.15, 0.2) is 55.0 Å². The number of benzene rings is 1. The third-order valence-electron chi connectivity index (χ3n) is 6.04. The second-order valence-electron chi connectivity index (χ2n) is 8.35. The van der Waals surface area contributed by atoms with Gasteiger partial charge in [0.2, 0.25) is 0 Å². The largest absolute Gasteiger partial charge is 0.367 e. The number of nitrogens with zero attached hydrogens (tertiary/aromatic N) is 5. The number of pyridine rings is 1. The zero-order valence-electron chi connectivity index (χ0n) is 19.0. The van der Waals surface area contributed by atoms with Crippen LogP contribution in [0.4, 0.5) is 16.3 Å². The van der Waals surface area contributed by atoms with Crippen molar-refractivity contribution in [2.75, 3.05) is 16.8 Å². The molecule has 8 nitrogen and oxygen atoms in total. The van der Waals surface area contributed by atoms with E-state index in [-0.39, 0.29) is 12.1 Å². The van der Waals surface area contributed by atoms with E-state index in [0.29, 0.717) is 18.2 Å². The fourth-order valence-electron chi connectivity index (χ4n) is 4.35. The zero-order chi connectivity index (χ0) is 23.2. The van der Waals surface area contributed by atoms with Crippen LogP contribution in [0.5, 0.6) is 0 Å². The molecule has 1 saturated carbocycles. The summed E-state index contributed by atoms with van der Waals surface area (Å²) in [6, 6.07) is 14.2. The predicted molar refractivity (Wildman–Crippen MR) is 129 cm³/mol. The molecule has 8 heteroatoms. The maximum absolute atomic E-state index is 13.0. The molecule has 0 spiro atoms. The normalized spacial score (nSPS) is 17.7. The molecule has 0 unspecified atom stereocenters. The molecule has 2 amide bonds. The average Bonchev–Trinajstić information content (AvgIpc) is 3.28. The number of nitriles is 1. The number of hydrogen-bond acceptors (Lipinski definition) is 5. The molecule has 0 aliphatic heterocycles. The molecular formula is C25H29N7O. The maximum Gasteiger partial charge on any atom is 0.322 e. The number of carbonyl (C=O) groups excluding carboxylic acids is 1. The molecule has 0 saturated heterocycles. The Hall–Kier alpha value is -3.86. The second kappa shape index (κ2) is 10.2. The lowest BCUT2D eigenvalue weighted by molar-refractivity contribution is 0.241. The first kappa shape index (κ1) is 22.3. The van der Waals surface area contributed by atoms with Crippen molar-refractivity contribution in [1.29, 1.82) is 5.26 Å². The number of hydrogen-bond donors (Lipinski definition) is 2. The Labute approximate surface area is 194 Å². The monoisotopic (exact) mass is 443 g/mol. The third kappa shape index (κ3) is 5.32. The van der Waals surface area contributed by atoms with Crippen LogP contribution in [0.2, 0.25) is 0 Å². The van der Waals surface area contributed by atoms with Gasteiger partial charge in [-0.2, -0.15) is 10.4 Å². The summed E-state index contributed by atoms with van der Waals surface area (Å²) in [5.41, 5.74) is 3.58. The summed E-state index contributed by atoms with van der Waals surface area (Å²) in [4.78, 5) is 19.2. The summed E-state index contributed by atoms with van der Waals surface area (Å²) in [6.45, 7) is 2.53. The van der Waals surface area contributed by atoms with Crippen LogP contribution in [-0.2, 0) is 7.05 Å². The first-order valence-electron chi connectivity index (χ1n) is 11.4. The molecule has 1 aromatic carbocycles. The molecule has 33 heavy (non-hydrogen) atoms. The molecule has 1 aliphatic carbocycles. The van der Waals surface area contributed by atoms with Crippen LogP contribution in [-0.4, -0.2) is 39.4 Å². The van der Waals surface area contributed by atoms with E-state index < -0.39 is 0 Å². The highest BCUT2D eigenvalue weighted by atomic mass is 16.2. The van der Waals surface area contributed by atoms with Crippen LogP contribution in [0, 0.1) is 11.3 Å². The second-order valence-corrected chi connectivity index (χ2v) is 8.35. The summed E-state index contributed by atoms with van der Waals surface area (Å²) in [6.07, 6.45) is 9.08. The highest BCUT2D eigenvalue weighted by Crippen LogP contribution is 2.30. The van der Waals surface area contributed by atoms with Gasteiger partial charge in [0.1, 0.15) is 11.9 Å². The summed E-state index contributed by atoms with van der Waals surface area (Å²) in [5, 5.41) is 19.6. The minimum Gasteiger partial charge on any atom is -0.367 e. The van der Waals surface area contributed by atoms with Gasteiger partial charge in [0.15, 0.2) is 0 Å². The van der Waals surface area contributed by atoms with Crippen LogP contribution in [0.1, 0.15) is 38.2 Å². The van der Waals surface area contributed by atoms with Crippen molar-refractivity contribution in [3.05, 3.63) is 60.6 Å². The fourth-order valence-corrected chi connectivity index (χ4v) is 4.35. The molecule has 3 aromatic rings. The summed E-state index contributed by atoms with van der Waals surface area (Å²) >= 11 is 0. The molecule has 1 aliphatic rings. The maximum atomic E-state index is 13.0. The molecule has 0 radical (unpaired) electrons. The molecule has 4 rings (SSSR count). The van der Waals surface area contributed by atoms with Gasteiger partial charge in [0, 0.05) is 49.3 Å². The smallest absolute Gasteiger partial charge is 0.322 e. The quantitative estimate of drug-likeness (QED) is 0.591. The Balaban J connectivity index is 1.44. The standard InChI is InChI=1S/C25H29N7O/c1-3-27-25(33)32(22-9-5-19(6-10-22)20-16-29-31(2)17-20)23-11-7-21(8-12-23)30-24-13-4-18(14-26)15-28-24/h4-6,9-10,13,15-17,21,23H,3,7-8,11-12H2,1-2H3,(H,27,33)(H,28,30). The molecular weight excluding hydrogens is 414 g/mol. The number of aromatic nitrogens is 3. The first-order valence-corrected chi connectivity index (χ1v) is 11.4. The van der Waals surface area contributed by atoms with Crippen LogP contribution in [0.3, 0.4) is 0 Å². The van der Waals surface area contributed by atoms with Gasteiger partial charge in [-0.15, -0.1) is 0 Å². The predicted octanol–water partition coefficient (Wildman–Crippen LogP) is 4.31. The van der Waals surface area contributed by atoms with E-state index in [4.69, 9.17) is 5.26 Å². The third-order valence-corrected chi connectivity index (χ3v) is 6.04. The summed E-state index contributed by atoms with van der Waals surface area (Å²) < 4.78 is 1.78. The van der Waals surface area contributed by atoms with Gasteiger partial charge in [-0.25, -0.2) is 9.78 Å². The lowest BCUT2D eigenvalue weighted by atomic mass is 9.89. The van der Waals surface area contributed by atoms with E-state index in [9.17, 15) is 4.79 Å². The fraction of sp³-hybridized carbons (Fsp3) is 0.360. The van der Waals surface area contributed by atoms with Crippen LogP contribution >= 0.6 is 0 Å². The van der Waals surface area contributed by atoms with Crippen molar-refractivity contribution in [1.82, 2.24) is 20.1 Å². The van der Waals surface area contributed by atoms with E-state index in [2.05, 4.69) is 26.8 Å². The first-order chi connectivity index (χ1) is 16.1. The van der Waals surface area contributed by atoms with E-state index in [0.717, 1.165) is 48.3 Å². The average molecular weight is 444 g/mol. The molecule has 2 aromatic heterocycles. The molecule has 170 valence electrons. The Morgan fingerprint density at radius 2 is 1.88 bits per heavy atom. The Kier molecular flexibility index (Phi) is 6.89. The number of anilines is 2. The number of carbonyl (C=O) groups is 1. The number of rotatable bonds is 6. The van der Waals surface area contributed by atoms with Gasteiger partial charge in [0.05, 0.1) is 11.8 Å². The molecule has 2 N–H and O–H groups in total. The van der Waals surface area contributed by atoms with Gasteiger partial charge in [0.25, 0.3) is 0 Å². The number of urea groups is 1. The Morgan fingerprint density at radius 1 is 1.12 bits per heavy atom. The number of nitrogens with one attached hydrogen (secondary N) is 2. The highest BCUT2D eigenvalue weighted by molar-refractivity contribution is 5.93. The molecule has 1 fully saturated rings. The number of aryl methyl sites for hydroxylation is 1. The van der Waals surface area contributed by atoms with Crippen molar-refractivity contribution in [2.24, 2.45) is 7.05 Å². The minimum absolute atomic E-state index is 0.0585. The van der Waals surface area contributed by atoms with Gasteiger partial charge in [-0.1, -0.05) is 12.1 Å². The van der Waals surface area contributed by atoms with E-state index >= 15 is 0 Å². The lowest BCUT2D eigenvalue weighted by Gasteiger charge is -2.37. The van der Waals surface area contributed by atoms with Crippen LogP contribution < -0.4 is 15.5 Å². The zero-order valence-corrected chi connectivity index (χ0v) is 19.0. The Morgan fingerprint density at radius 3 is 2.45 bits per heavy atom. The van der Waals surface area contributed by atoms with Crippen molar-refractivity contribution in [2.45, 2.75) is 44.7 Å². The SMILES string of the molecule is CCNC(=O)N(c1ccc(-c2cnn(C)c2)cc1)C1CCC(Nc2ccc(C#N)cn2)CC1. The van der Waals surface area contributed by atoms with E-state index in [1.165, 1.54) is 0 Å². The van der Waals surface area contributed by atoms with Crippen LogP contribution in [0.25, 0.3) is 11.1 Å². The topological polar surface area (TPSA) is 98.9 Å². The van der Waals surface area contributed by atoms with Crippen molar-refractivity contribution in [3.63, 3.8) is 0 Å². The van der Waals surface area contributed by atoms with Crippen molar-refractivity contribution < 1.29 is 4.79 Å². The lowest BCUT2D eigenvalue weighted by Crippen LogP contribution is -2.48. The van der Waals surface area contributed by atoms with Gasteiger partial charge in [-0.05, 0) is 62.4 Å². The van der Waals surface area contributed by atoms with Gasteiger partial charge >= 0.3 is 6.03 Å². The highest BCUT2D eigenvalue weighted by Gasteiger charge is 2.30. The minimum atomic E-state index is -0.0585.